The lowest BCUT2D eigenvalue weighted by atomic mass is 9.83. The normalized spacial score (nSPS) is 23.8. The van der Waals surface area contributed by atoms with Gasteiger partial charge in [-0.3, -0.25) is 9.58 Å². The van der Waals surface area contributed by atoms with Crippen LogP contribution in [0, 0.1) is 17.6 Å². The predicted octanol–water partition coefficient (Wildman–Crippen LogP) is 2.08. The molecule has 3 heterocycles. The number of halogens is 2. The summed E-state index contributed by atoms with van der Waals surface area (Å²) in [5.41, 5.74) is 1.15. The van der Waals surface area contributed by atoms with E-state index in [0.29, 0.717) is 31.6 Å². The van der Waals surface area contributed by atoms with E-state index >= 15 is 0 Å². The summed E-state index contributed by atoms with van der Waals surface area (Å²) >= 11 is 0. The average Bonchev–Trinajstić information content (AvgIpc) is 3.06. The zero-order chi connectivity index (χ0) is 19.2. The standard InChI is InChI=1S/C18H22F2N4O2S/c1-2-23-10-13(8-21-23)9-22-11-14-12-24(4-3-18(14)22)27(25,26)17-6-15(19)5-16(20)7-17/h5-8,10,14,18H,2-4,9,11-12H2,1H3. The van der Waals surface area contributed by atoms with Gasteiger partial charge in [-0.25, -0.2) is 17.2 Å². The first-order chi connectivity index (χ1) is 12.9. The molecule has 1 aromatic heterocycles. The van der Waals surface area contributed by atoms with Crippen molar-refractivity contribution >= 4 is 10.0 Å². The van der Waals surface area contributed by atoms with Crippen LogP contribution in [0.3, 0.4) is 0 Å². The SMILES string of the molecule is CCn1cc(CN2CC3CN(S(=O)(=O)c4cc(F)cc(F)c4)CCC32)cn1. The highest BCUT2D eigenvalue weighted by molar-refractivity contribution is 7.89. The molecule has 0 amide bonds. The molecule has 0 bridgehead atoms. The molecule has 0 saturated carbocycles. The zero-order valence-corrected chi connectivity index (χ0v) is 15.9. The molecule has 0 radical (unpaired) electrons. The van der Waals surface area contributed by atoms with E-state index < -0.39 is 21.7 Å². The fourth-order valence-corrected chi connectivity index (χ4v) is 5.62. The van der Waals surface area contributed by atoms with Crippen LogP contribution in [-0.2, 0) is 23.1 Å². The average molecular weight is 396 g/mol. The van der Waals surface area contributed by atoms with Gasteiger partial charge in [-0.2, -0.15) is 9.40 Å². The molecule has 2 saturated heterocycles. The van der Waals surface area contributed by atoms with Crippen LogP contribution in [0.4, 0.5) is 8.78 Å². The summed E-state index contributed by atoms with van der Waals surface area (Å²) in [5.74, 6) is -1.52. The van der Waals surface area contributed by atoms with Crippen LogP contribution in [-0.4, -0.2) is 53.1 Å². The van der Waals surface area contributed by atoms with Crippen molar-refractivity contribution in [1.82, 2.24) is 19.0 Å². The fourth-order valence-electron chi connectivity index (χ4n) is 4.07. The van der Waals surface area contributed by atoms with Crippen LogP contribution in [0.15, 0.2) is 35.5 Å². The number of benzene rings is 1. The van der Waals surface area contributed by atoms with Gasteiger partial charge in [-0.05, 0) is 25.5 Å². The summed E-state index contributed by atoms with van der Waals surface area (Å²) in [6.45, 7) is 5.23. The first-order valence-electron chi connectivity index (χ1n) is 9.08. The van der Waals surface area contributed by atoms with Gasteiger partial charge in [0.25, 0.3) is 0 Å². The Balaban J connectivity index is 1.41. The molecule has 2 aliphatic rings. The molecular formula is C18H22F2N4O2S. The smallest absolute Gasteiger partial charge is 0.243 e. The Morgan fingerprint density at radius 1 is 1.19 bits per heavy atom. The van der Waals surface area contributed by atoms with E-state index in [4.69, 9.17) is 0 Å². The van der Waals surface area contributed by atoms with Crippen molar-refractivity contribution < 1.29 is 17.2 Å². The highest BCUT2D eigenvalue weighted by Crippen LogP contribution is 2.35. The van der Waals surface area contributed by atoms with Crippen LogP contribution >= 0.6 is 0 Å². The van der Waals surface area contributed by atoms with Crippen molar-refractivity contribution in [1.29, 1.82) is 0 Å². The lowest BCUT2D eigenvalue weighted by molar-refractivity contribution is -0.0306. The van der Waals surface area contributed by atoms with Crippen LogP contribution < -0.4 is 0 Å². The van der Waals surface area contributed by atoms with E-state index in [1.54, 1.807) is 0 Å². The number of likely N-dealkylation sites (tertiary alicyclic amines) is 1. The molecule has 1 aromatic carbocycles. The van der Waals surface area contributed by atoms with Gasteiger partial charge in [0.15, 0.2) is 0 Å². The summed E-state index contributed by atoms with van der Waals surface area (Å²) in [7, 11) is -3.88. The Kier molecular flexibility index (Phi) is 4.77. The van der Waals surface area contributed by atoms with E-state index in [0.717, 1.165) is 37.3 Å². The molecule has 0 aliphatic carbocycles. The van der Waals surface area contributed by atoms with E-state index in [9.17, 15) is 17.2 Å². The molecular weight excluding hydrogens is 374 g/mol. The topological polar surface area (TPSA) is 58.4 Å². The maximum Gasteiger partial charge on any atom is 0.243 e. The maximum atomic E-state index is 13.4. The molecule has 4 rings (SSSR count). The molecule has 2 aromatic rings. The zero-order valence-electron chi connectivity index (χ0n) is 15.1. The van der Waals surface area contributed by atoms with Gasteiger partial charge < -0.3 is 0 Å². The Labute approximate surface area is 157 Å². The van der Waals surface area contributed by atoms with Gasteiger partial charge in [0.2, 0.25) is 10.0 Å². The monoisotopic (exact) mass is 396 g/mol. The molecule has 146 valence electrons. The summed E-state index contributed by atoms with van der Waals surface area (Å²) in [5, 5.41) is 4.28. The summed E-state index contributed by atoms with van der Waals surface area (Å²) in [6, 6.07) is 2.77. The van der Waals surface area contributed by atoms with Crippen molar-refractivity contribution in [2.75, 3.05) is 19.6 Å². The van der Waals surface area contributed by atoms with Crippen LogP contribution in [0.5, 0.6) is 0 Å². The summed E-state index contributed by atoms with van der Waals surface area (Å²) in [6.07, 6.45) is 4.62. The third kappa shape index (κ3) is 3.51. The van der Waals surface area contributed by atoms with Gasteiger partial charge in [-0.15, -0.1) is 0 Å². The number of fused-ring (bicyclic) bond motifs is 1. The maximum absolute atomic E-state index is 13.4. The van der Waals surface area contributed by atoms with Crippen molar-refractivity contribution in [2.45, 2.75) is 37.4 Å². The second-order valence-corrected chi connectivity index (χ2v) is 9.16. The lowest BCUT2D eigenvalue weighted by Gasteiger charge is -2.53. The van der Waals surface area contributed by atoms with E-state index in [2.05, 4.69) is 10.00 Å². The highest BCUT2D eigenvalue weighted by atomic mass is 32.2. The molecule has 2 atom stereocenters. The first-order valence-corrected chi connectivity index (χ1v) is 10.5. The van der Waals surface area contributed by atoms with Crippen LogP contribution in [0.2, 0.25) is 0 Å². The Morgan fingerprint density at radius 2 is 1.93 bits per heavy atom. The van der Waals surface area contributed by atoms with Crippen molar-refractivity contribution in [3.8, 4) is 0 Å². The molecule has 9 heteroatoms. The largest absolute Gasteiger partial charge is 0.295 e. The van der Waals surface area contributed by atoms with Gasteiger partial charge in [0, 0.05) is 62.5 Å². The number of hydrogen-bond acceptors (Lipinski definition) is 4. The van der Waals surface area contributed by atoms with E-state index in [1.807, 2.05) is 24.0 Å². The molecule has 0 N–H and O–H groups in total. The van der Waals surface area contributed by atoms with Gasteiger partial charge in [0.05, 0.1) is 11.1 Å². The van der Waals surface area contributed by atoms with Crippen molar-refractivity contribution in [2.24, 2.45) is 5.92 Å². The number of aryl methyl sites for hydroxylation is 1. The molecule has 27 heavy (non-hydrogen) atoms. The predicted molar refractivity (Wildman–Crippen MR) is 95.3 cm³/mol. The molecule has 2 fully saturated rings. The summed E-state index contributed by atoms with van der Waals surface area (Å²) < 4.78 is 55.6. The van der Waals surface area contributed by atoms with Gasteiger partial charge in [-0.1, -0.05) is 0 Å². The third-order valence-electron chi connectivity index (χ3n) is 5.46. The second kappa shape index (κ2) is 6.96. The molecule has 2 unspecified atom stereocenters. The van der Waals surface area contributed by atoms with Crippen LogP contribution in [0.25, 0.3) is 0 Å². The number of sulfonamides is 1. The number of aromatic nitrogens is 2. The van der Waals surface area contributed by atoms with Gasteiger partial charge in [0.1, 0.15) is 11.6 Å². The minimum absolute atomic E-state index is 0.244. The highest BCUT2D eigenvalue weighted by Gasteiger charge is 2.45. The number of rotatable bonds is 5. The molecule has 2 aliphatic heterocycles. The Bertz CT molecular complexity index is 926. The van der Waals surface area contributed by atoms with Crippen LogP contribution in [0.1, 0.15) is 18.9 Å². The third-order valence-corrected chi connectivity index (χ3v) is 7.31. The molecule has 0 spiro atoms. The number of piperidine rings is 1. The summed E-state index contributed by atoms with van der Waals surface area (Å²) in [4.78, 5) is 2.02. The minimum atomic E-state index is -3.88. The minimum Gasteiger partial charge on any atom is -0.295 e. The quantitative estimate of drug-likeness (QED) is 0.777. The fraction of sp³-hybridized carbons (Fsp3) is 0.500. The van der Waals surface area contributed by atoms with Gasteiger partial charge >= 0.3 is 0 Å². The Morgan fingerprint density at radius 3 is 2.56 bits per heavy atom. The van der Waals surface area contributed by atoms with Crippen molar-refractivity contribution in [3.05, 3.63) is 47.8 Å². The van der Waals surface area contributed by atoms with Crippen molar-refractivity contribution in [3.63, 3.8) is 0 Å². The lowest BCUT2D eigenvalue weighted by Crippen LogP contribution is -2.63. The van der Waals surface area contributed by atoms with E-state index in [1.165, 1.54) is 4.31 Å². The first kappa shape index (κ1) is 18.5. The number of hydrogen-bond donors (Lipinski definition) is 0. The molecule has 6 nitrogen and oxygen atoms in total. The Hall–Kier alpha value is -1.84. The van der Waals surface area contributed by atoms with E-state index in [-0.39, 0.29) is 10.8 Å². The second-order valence-electron chi connectivity index (χ2n) is 7.22. The number of nitrogens with zero attached hydrogens (tertiary/aromatic N) is 4.